The smallest absolute Gasteiger partial charge is 0.373 e. The molecule has 31 heavy (non-hydrogen) atoms. The van der Waals surface area contributed by atoms with Gasteiger partial charge in [-0.2, -0.15) is 9.59 Å². The maximum absolute atomic E-state index is 12.0. The average molecular weight is 430 g/mol. The van der Waals surface area contributed by atoms with Gasteiger partial charge >= 0.3 is 6.15 Å². The molecule has 1 heterocycles. The summed E-state index contributed by atoms with van der Waals surface area (Å²) in [5, 5.41) is 3.96. The second kappa shape index (κ2) is 12.7. The molecule has 1 aromatic carbocycles. The standard InChI is InChI=1S/C22H31N3O3.CO2/c1-3-4-12-27-14-21(26)25-16-8-10-17(11-9-16)28-20-7-5-6-19-22(20)18(23)13-15(2)24-19;2-1-3/h5-7,13,16-17H,3-4,8-12,14H2,1-2H3,(H2,23,24)(H,25,26);. The fraction of sp³-hybridized carbons (Fsp3) is 0.522. The highest BCUT2D eigenvalue weighted by atomic mass is 16.5. The molecule has 3 rings (SSSR count). The number of hydrogen-bond acceptors (Lipinski definition) is 7. The third-order valence-electron chi connectivity index (χ3n) is 5.16. The van der Waals surface area contributed by atoms with E-state index in [0.717, 1.165) is 60.9 Å². The highest BCUT2D eigenvalue weighted by Gasteiger charge is 2.24. The van der Waals surface area contributed by atoms with Gasteiger partial charge in [0.15, 0.2) is 0 Å². The van der Waals surface area contributed by atoms with Gasteiger partial charge in [-0.25, -0.2) is 0 Å². The first-order chi connectivity index (χ1) is 15.0. The normalized spacial score (nSPS) is 17.9. The molecular formula is C23H31N3O5. The van der Waals surface area contributed by atoms with Crippen molar-refractivity contribution in [2.24, 2.45) is 0 Å². The van der Waals surface area contributed by atoms with E-state index in [0.29, 0.717) is 12.3 Å². The Labute approximate surface area is 182 Å². The molecule has 8 heteroatoms. The number of rotatable bonds is 8. The van der Waals surface area contributed by atoms with E-state index >= 15 is 0 Å². The quantitative estimate of drug-likeness (QED) is 0.618. The van der Waals surface area contributed by atoms with E-state index in [-0.39, 0.29) is 30.8 Å². The van der Waals surface area contributed by atoms with Crippen LogP contribution in [0.3, 0.4) is 0 Å². The predicted molar refractivity (Wildman–Crippen MR) is 116 cm³/mol. The molecule has 0 aliphatic heterocycles. The Kier molecular flexibility index (Phi) is 9.94. The zero-order valence-corrected chi connectivity index (χ0v) is 18.2. The maximum Gasteiger partial charge on any atom is 0.373 e. The number of nitrogens with zero attached hydrogens (tertiary/aromatic N) is 1. The first-order valence-corrected chi connectivity index (χ1v) is 10.7. The van der Waals surface area contributed by atoms with Gasteiger partial charge in [-0.15, -0.1) is 0 Å². The number of carbonyl (C=O) groups excluding carboxylic acids is 3. The van der Waals surface area contributed by atoms with Crippen LogP contribution in [-0.2, 0) is 19.1 Å². The van der Waals surface area contributed by atoms with Crippen molar-refractivity contribution in [2.45, 2.75) is 64.5 Å². The lowest BCUT2D eigenvalue weighted by atomic mass is 9.93. The van der Waals surface area contributed by atoms with Gasteiger partial charge in [0.05, 0.1) is 17.0 Å². The molecule has 0 unspecified atom stereocenters. The number of carbonyl (C=O) groups is 1. The molecule has 1 aromatic heterocycles. The van der Waals surface area contributed by atoms with Crippen LogP contribution in [0.15, 0.2) is 24.3 Å². The molecule has 0 saturated heterocycles. The number of fused-ring (bicyclic) bond motifs is 1. The molecule has 8 nitrogen and oxygen atoms in total. The van der Waals surface area contributed by atoms with Gasteiger partial charge in [-0.3, -0.25) is 9.78 Å². The molecule has 3 N–H and O–H groups in total. The Hall–Kier alpha value is -2.96. The molecule has 1 amide bonds. The van der Waals surface area contributed by atoms with Crippen LogP contribution in [0.2, 0.25) is 0 Å². The summed E-state index contributed by atoms with van der Waals surface area (Å²) in [6.45, 7) is 4.84. The number of amides is 1. The second-order valence-electron chi connectivity index (χ2n) is 7.65. The van der Waals surface area contributed by atoms with Crippen LogP contribution in [0, 0.1) is 6.92 Å². The molecule has 2 aromatic rings. The van der Waals surface area contributed by atoms with Crippen LogP contribution < -0.4 is 15.8 Å². The summed E-state index contributed by atoms with van der Waals surface area (Å²) in [6.07, 6.45) is 6.05. The summed E-state index contributed by atoms with van der Waals surface area (Å²) in [5.74, 6) is 0.767. The summed E-state index contributed by atoms with van der Waals surface area (Å²) >= 11 is 0. The van der Waals surface area contributed by atoms with Crippen LogP contribution in [0.4, 0.5) is 5.69 Å². The van der Waals surface area contributed by atoms with Crippen LogP contribution in [-0.4, -0.2) is 42.4 Å². The van der Waals surface area contributed by atoms with Gasteiger partial charge in [0.2, 0.25) is 5.91 Å². The minimum atomic E-state index is -0.0243. The fourth-order valence-corrected chi connectivity index (χ4v) is 3.71. The summed E-state index contributed by atoms with van der Waals surface area (Å²) < 4.78 is 11.7. The molecule has 1 saturated carbocycles. The first kappa shape index (κ1) is 24.3. The van der Waals surface area contributed by atoms with Crippen molar-refractivity contribution in [1.82, 2.24) is 10.3 Å². The number of hydrogen-bond donors (Lipinski definition) is 2. The molecule has 1 aliphatic rings. The minimum Gasteiger partial charge on any atom is -0.490 e. The zero-order chi connectivity index (χ0) is 22.6. The van der Waals surface area contributed by atoms with Gasteiger partial charge in [0.1, 0.15) is 12.4 Å². The lowest BCUT2D eigenvalue weighted by molar-refractivity contribution is -0.191. The molecule has 1 aliphatic carbocycles. The van der Waals surface area contributed by atoms with Crippen molar-refractivity contribution in [1.29, 1.82) is 0 Å². The van der Waals surface area contributed by atoms with Gasteiger partial charge in [-0.05, 0) is 57.2 Å². The third-order valence-corrected chi connectivity index (χ3v) is 5.16. The molecule has 0 atom stereocenters. The number of nitrogens with one attached hydrogen (secondary N) is 1. The summed E-state index contributed by atoms with van der Waals surface area (Å²) in [7, 11) is 0. The summed E-state index contributed by atoms with van der Waals surface area (Å²) in [5.41, 5.74) is 8.68. The number of pyridine rings is 1. The predicted octanol–water partition coefficient (Wildman–Crippen LogP) is 3.16. The fourth-order valence-electron chi connectivity index (χ4n) is 3.71. The third kappa shape index (κ3) is 7.66. The van der Waals surface area contributed by atoms with Crippen molar-refractivity contribution in [3.8, 4) is 5.75 Å². The van der Waals surface area contributed by atoms with Crippen molar-refractivity contribution < 1.29 is 23.9 Å². The average Bonchev–Trinajstić information content (AvgIpc) is 2.73. The zero-order valence-electron chi connectivity index (χ0n) is 18.2. The van der Waals surface area contributed by atoms with Crippen LogP contribution in [0.1, 0.15) is 51.1 Å². The van der Waals surface area contributed by atoms with E-state index in [2.05, 4.69) is 17.2 Å². The molecule has 0 bridgehead atoms. The monoisotopic (exact) mass is 429 g/mol. The highest BCUT2D eigenvalue weighted by molar-refractivity contribution is 5.95. The van der Waals surface area contributed by atoms with Crippen LogP contribution in [0.5, 0.6) is 5.75 Å². The van der Waals surface area contributed by atoms with Crippen molar-refractivity contribution >= 4 is 28.6 Å². The summed E-state index contributed by atoms with van der Waals surface area (Å²) in [4.78, 5) is 32.8. The number of nitrogen functional groups attached to an aromatic ring is 1. The van der Waals surface area contributed by atoms with Crippen molar-refractivity contribution in [2.75, 3.05) is 18.9 Å². The highest BCUT2D eigenvalue weighted by Crippen LogP contribution is 2.33. The lowest BCUT2D eigenvalue weighted by Crippen LogP contribution is -2.41. The molecule has 0 radical (unpaired) electrons. The van der Waals surface area contributed by atoms with Gasteiger partial charge in [0.25, 0.3) is 0 Å². The van der Waals surface area contributed by atoms with E-state index in [1.165, 1.54) is 0 Å². The number of unbranched alkanes of at least 4 members (excludes halogenated alkanes) is 1. The Morgan fingerprint density at radius 2 is 1.97 bits per heavy atom. The number of anilines is 1. The van der Waals surface area contributed by atoms with Crippen molar-refractivity contribution in [3.63, 3.8) is 0 Å². The number of ether oxygens (including phenoxy) is 2. The number of aromatic nitrogens is 1. The van der Waals surface area contributed by atoms with Crippen molar-refractivity contribution in [3.05, 3.63) is 30.0 Å². The first-order valence-electron chi connectivity index (χ1n) is 10.7. The van der Waals surface area contributed by atoms with Crippen LogP contribution >= 0.6 is 0 Å². The second-order valence-corrected chi connectivity index (χ2v) is 7.65. The van der Waals surface area contributed by atoms with Gasteiger partial charge in [-0.1, -0.05) is 19.4 Å². The van der Waals surface area contributed by atoms with E-state index in [4.69, 9.17) is 24.8 Å². The SMILES string of the molecule is CCCCOCC(=O)NC1CCC(Oc2cccc3nc(C)cc(N)c23)CC1.O=C=O. The Morgan fingerprint density at radius 1 is 1.26 bits per heavy atom. The largest absolute Gasteiger partial charge is 0.490 e. The Bertz CT molecular complexity index is 888. The van der Waals surface area contributed by atoms with Gasteiger partial charge in [0, 0.05) is 24.0 Å². The molecule has 0 spiro atoms. The van der Waals surface area contributed by atoms with E-state index < -0.39 is 0 Å². The van der Waals surface area contributed by atoms with E-state index in [1.807, 2.05) is 31.2 Å². The lowest BCUT2D eigenvalue weighted by Gasteiger charge is -2.30. The van der Waals surface area contributed by atoms with E-state index in [1.54, 1.807) is 0 Å². The summed E-state index contributed by atoms with van der Waals surface area (Å²) in [6, 6.07) is 7.94. The minimum absolute atomic E-state index is 0.0243. The number of benzene rings is 1. The number of nitrogens with two attached hydrogens (primary N) is 1. The molecule has 168 valence electrons. The van der Waals surface area contributed by atoms with Gasteiger partial charge < -0.3 is 20.5 Å². The maximum atomic E-state index is 12.0. The topological polar surface area (TPSA) is 121 Å². The van der Waals surface area contributed by atoms with Crippen LogP contribution in [0.25, 0.3) is 10.9 Å². The molecular weight excluding hydrogens is 398 g/mol. The Morgan fingerprint density at radius 3 is 2.65 bits per heavy atom. The Balaban J connectivity index is 0.00000107. The number of aryl methyl sites for hydroxylation is 1. The molecule has 1 fully saturated rings. The van der Waals surface area contributed by atoms with E-state index in [9.17, 15) is 4.79 Å².